The summed E-state index contributed by atoms with van der Waals surface area (Å²) in [4.78, 5) is 12.0. The van der Waals surface area contributed by atoms with E-state index < -0.39 is 11.9 Å². The fourth-order valence-corrected chi connectivity index (χ4v) is 3.26. The second-order valence-electron chi connectivity index (χ2n) is 5.34. The van der Waals surface area contributed by atoms with Crippen LogP contribution in [0.1, 0.15) is 18.5 Å². The molecular weight excluding hydrogens is 310 g/mol. The Balaban J connectivity index is 2.31. The number of benzene rings is 2. The molecule has 4 N–H and O–H groups in total. The summed E-state index contributed by atoms with van der Waals surface area (Å²) in [6.45, 7) is 1.79. The monoisotopic (exact) mass is 327 g/mol. The van der Waals surface area contributed by atoms with Gasteiger partial charge >= 0.3 is 0 Å². The van der Waals surface area contributed by atoms with Crippen LogP contribution in [0.5, 0.6) is 5.75 Å². The number of carbonyl (C=O) groups is 1. The maximum absolute atomic E-state index is 12.0. The summed E-state index contributed by atoms with van der Waals surface area (Å²) in [5.74, 6) is 0.183. The van der Waals surface area contributed by atoms with E-state index in [1.54, 1.807) is 14.0 Å². The van der Waals surface area contributed by atoms with Crippen molar-refractivity contribution in [3.63, 3.8) is 0 Å². The second-order valence-corrected chi connectivity index (χ2v) is 5.75. The van der Waals surface area contributed by atoms with Crippen molar-refractivity contribution >= 4 is 34.0 Å². The van der Waals surface area contributed by atoms with Crippen molar-refractivity contribution < 1.29 is 9.53 Å². The van der Waals surface area contributed by atoms with Gasteiger partial charge < -0.3 is 21.1 Å². The van der Waals surface area contributed by atoms with Crippen LogP contribution in [0.3, 0.4) is 0 Å². The van der Waals surface area contributed by atoms with E-state index in [9.17, 15) is 4.79 Å². The van der Waals surface area contributed by atoms with Crippen LogP contribution in [0.25, 0.3) is 10.8 Å². The number of carbonyl (C=O) groups excluding carboxylic acids is 1. The van der Waals surface area contributed by atoms with Gasteiger partial charge in [-0.25, -0.2) is 0 Å². The average Bonchev–Trinajstić information content (AvgIpc) is 2.52. The first kappa shape index (κ1) is 15.3. The van der Waals surface area contributed by atoms with E-state index in [-0.39, 0.29) is 0 Å². The molecular formula is C17H17N3O2S. The third kappa shape index (κ3) is 2.61. The van der Waals surface area contributed by atoms with Crippen molar-refractivity contribution in [2.45, 2.75) is 13.0 Å². The van der Waals surface area contributed by atoms with Gasteiger partial charge in [0.25, 0.3) is 0 Å². The number of thiocarbonyl (C=S) groups is 1. The lowest BCUT2D eigenvalue weighted by Crippen LogP contribution is -2.46. The highest BCUT2D eigenvalue weighted by Gasteiger charge is 2.31. The topological polar surface area (TPSA) is 76.4 Å². The molecule has 1 heterocycles. The van der Waals surface area contributed by atoms with Crippen LogP contribution in [0.4, 0.5) is 0 Å². The molecule has 1 atom stereocenters. The van der Waals surface area contributed by atoms with Crippen LogP contribution < -0.4 is 21.1 Å². The number of hydrogen-bond acceptors (Lipinski definition) is 3. The number of fused-ring (bicyclic) bond motifs is 1. The molecule has 23 heavy (non-hydrogen) atoms. The van der Waals surface area contributed by atoms with Gasteiger partial charge in [0.2, 0.25) is 5.91 Å². The Hall–Kier alpha value is -2.60. The number of rotatable bonds is 3. The van der Waals surface area contributed by atoms with E-state index in [4.69, 9.17) is 22.7 Å². The van der Waals surface area contributed by atoms with Crippen LogP contribution in [0.2, 0.25) is 0 Å². The van der Waals surface area contributed by atoms with Gasteiger partial charge in [-0.3, -0.25) is 4.79 Å². The highest BCUT2D eigenvalue weighted by molar-refractivity contribution is 7.80. The molecule has 3 rings (SSSR count). The first-order valence-electron chi connectivity index (χ1n) is 7.16. The molecule has 6 heteroatoms. The SMILES string of the molecule is COc1ccc2ccccc2c1C1NC(=S)NC(C)=C1C(N)=O. The van der Waals surface area contributed by atoms with Crippen molar-refractivity contribution in [3.05, 3.63) is 53.2 Å². The molecule has 0 radical (unpaired) electrons. The first-order valence-corrected chi connectivity index (χ1v) is 7.57. The zero-order valence-electron chi connectivity index (χ0n) is 12.8. The third-order valence-corrected chi connectivity index (χ3v) is 4.19. The van der Waals surface area contributed by atoms with Crippen LogP contribution in [0.15, 0.2) is 47.7 Å². The Morgan fingerprint density at radius 3 is 2.70 bits per heavy atom. The fraction of sp³-hybridized carbons (Fsp3) is 0.176. The maximum Gasteiger partial charge on any atom is 0.248 e. The van der Waals surface area contributed by atoms with Crippen LogP contribution >= 0.6 is 12.2 Å². The molecule has 1 amide bonds. The Labute approximate surface area is 139 Å². The number of primary amides is 1. The molecule has 0 fully saturated rings. The van der Waals surface area contributed by atoms with Crippen molar-refractivity contribution in [2.24, 2.45) is 5.73 Å². The molecule has 0 spiro atoms. The zero-order valence-corrected chi connectivity index (χ0v) is 13.7. The molecule has 1 unspecified atom stereocenters. The van der Waals surface area contributed by atoms with E-state index in [1.165, 1.54) is 0 Å². The number of hydrogen-bond donors (Lipinski definition) is 3. The Morgan fingerprint density at radius 2 is 2.00 bits per heavy atom. The third-order valence-electron chi connectivity index (χ3n) is 3.97. The molecule has 1 aliphatic rings. The molecule has 0 saturated heterocycles. The first-order chi connectivity index (χ1) is 11.0. The van der Waals surface area contributed by atoms with Gasteiger partial charge in [0, 0.05) is 11.3 Å². The second kappa shape index (κ2) is 5.89. The van der Waals surface area contributed by atoms with Gasteiger partial charge in [-0.2, -0.15) is 0 Å². The van der Waals surface area contributed by atoms with E-state index >= 15 is 0 Å². The van der Waals surface area contributed by atoms with Gasteiger partial charge in [-0.05, 0) is 36.0 Å². The number of amides is 1. The normalized spacial score (nSPS) is 17.7. The molecule has 2 aromatic rings. The summed E-state index contributed by atoms with van der Waals surface area (Å²) < 4.78 is 5.53. The van der Waals surface area contributed by atoms with Gasteiger partial charge in [0.05, 0.1) is 18.7 Å². The summed E-state index contributed by atoms with van der Waals surface area (Å²) in [5.41, 5.74) is 7.56. The number of nitrogens with one attached hydrogen (secondary N) is 2. The lowest BCUT2D eigenvalue weighted by molar-refractivity contribution is -0.115. The minimum atomic E-state index is -0.495. The highest BCUT2D eigenvalue weighted by Crippen LogP contribution is 2.38. The van der Waals surface area contributed by atoms with E-state index in [0.717, 1.165) is 16.3 Å². The average molecular weight is 327 g/mol. The van der Waals surface area contributed by atoms with Crippen LogP contribution in [-0.4, -0.2) is 18.1 Å². The van der Waals surface area contributed by atoms with E-state index in [2.05, 4.69) is 10.6 Å². The predicted octanol–water partition coefficient (Wildman–Crippen LogP) is 2.13. The van der Waals surface area contributed by atoms with Gasteiger partial charge in [-0.15, -0.1) is 0 Å². The molecule has 1 aliphatic heterocycles. The minimum Gasteiger partial charge on any atom is -0.496 e. The van der Waals surface area contributed by atoms with Crippen molar-refractivity contribution in [2.75, 3.05) is 7.11 Å². The van der Waals surface area contributed by atoms with Gasteiger partial charge in [0.1, 0.15) is 5.75 Å². The zero-order chi connectivity index (χ0) is 16.6. The molecule has 0 aliphatic carbocycles. The maximum atomic E-state index is 12.0. The Kier molecular flexibility index (Phi) is 3.92. The minimum absolute atomic E-state index is 0.451. The van der Waals surface area contributed by atoms with E-state index in [0.29, 0.717) is 22.1 Å². The Morgan fingerprint density at radius 1 is 1.26 bits per heavy atom. The summed E-state index contributed by atoms with van der Waals surface area (Å²) >= 11 is 5.25. The van der Waals surface area contributed by atoms with Gasteiger partial charge in [0.15, 0.2) is 5.11 Å². The van der Waals surface area contributed by atoms with Crippen molar-refractivity contribution in [1.82, 2.24) is 10.6 Å². The molecule has 0 bridgehead atoms. The largest absolute Gasteiger partial charge is 0.496 e. The molecule has 5 nitrogen and oxygen atoms in total. The van der Waals surface area contributed by atoms with Crippen molar-refractivity contribution in [1.29, 1.82) is 0 Å². The van der Waals surface area contributed by atoms with Gasteiger partial charge in [-0.1, -0.05) is 30.3 Å². The summed E-state index contributed by atoms with van der Waals surface area (Å²) in [6, 6.07) is 11.3. The van der Waals surface area contributed by atoms with Crippen LogP contribution in [0, 0.1) is 0 Å². The molecule has 0 saturated carbocycles. The number of methoxy groups -OCH3 is 1. The summed E-state index contributed by atoms with van der Waals surface area (Å²) in [6.07, 6.45) is 0. The highest BCUT2D eigenvalue weighted by atomic mass is 32.1. The number of allylic oxidation sites excluding steroid dienone is 1. The van der Waals surface area contributed by atoms with E-state index in [1.807, 2.05) is 36.4 Å². The predicted molar refractivity (Wildman–Crippen MR) is 94.0 cm³/mol. The van der Waals surface area contributed by atoms with Crippen LogP contribution in [-0.2, 0) is 4.79 Å². The lowest BCUT2D eigenvalue weighted by atomic mass is 9.90. The van der Waals surface area contributed by atoms with Crippen molar-refractivity contribution in [3.8, 4) is 5.75 Å². The standard InChI is InChI=1S/C17H17N3O2S/c1-9-13(16(18)21)15(20-17(23)19-9)14-11-6-4-3-5-10(11)7-8-12(14)22-2/h3-8,15H,1-2H3,(H2,18,21)(H2,19,20,23). The molecule has 118 valence electrons. The summed E-state index contributed by atoms with van der Waals surface area (Å²) in [7, 11) is 1.60. The molecule has 2 aromatic carbocycles. The number of ether oxygens (including phenoxy) is 1. The smallest absolute Gasteiger partial charge is 0.248 e. The lowest BCUT2D eigenvalue weighted by Gasteiger charge is -2.31. The fourth-order valence-electron chi connectivity index (χ4n) is 2.99. The quantitative estimate of drug-likeness (QED) is 0.753. The summed E-state index contributed by atoms with van der Waals surface area (Å²) in [5, 5.41) is 8.59. The molecule has 0 aromatic heterocycles. The Bertz CT molecular complexity index is 845. The number of nitrogens with two attached hydrogens (primary N) is 1.